The van der Waals surface area contributed by atoms with Crippen LogP contribution in [0.1, 0.15) is 6.42 Å². The summed E-state index contributed by atoms with van der Waals surface area (Å²) in [6, 6.07) is 1.56. The van der Waals surface area contributed by atoms with Crippen molar-refractivity contribution in [2.75, 3.05) is 25.1 Å². The van der Waals surface area contributed by atoms with E-state index in [0.717, 1.165) is 25.2 Å². The molecule has 2 rings (SSSR count). The van der Waals surface area contributed by atoms with Crippen LogP contribution in [0.5, 0.6) is 0 Å². The molecule has 1 aliphatic rings. The Kier molecular flexibility index (Phi) is 2.49. The highest BCUT2D eigenvalue weighted by molar-refractivity contribution is 5.43. The van der Waals surface area contributed by atoms with Crippen LogP contribution in [0, 0.1) is 0 Å². The number of methoxy groups -OCH3 is 1. The van der Waals surface area contributed by atoms with E-state index in [1.54, 1.807) is 19.4 Å². The topological polar surface area (TPSA) is 58.2 Å². The van der Waals surface area contributed by atoms with E-state index in [-0.39, 0.29) is 11.7 Å². The standard InChI is InChI=1S/C9H13N3O2/c1-14-8-2-3-12(6-8)7-4-9(13)11-10-5-7/h4-5,8H,2-3,6H2,1H3,(H,11,13). The lowest BCUT2D eigenvalue weighted by Crippen LogP contribution is -2.23. The fourth-order valence-electron chi connectivity index (χ4n) is 1.69. The molecule has 5 nitrogen and oxygen atoms in total. The van der Waals surface area contributed by atoms with Crippen molar-refractivity contribution >= 4 is 5.69 Å². The Hall–Kier alpha value is -1.36. The zero-order valence-electron chi connectivity index (χ0n) is 8.06. The minimum Gasteiger partial charge on any atom is -0.380 e. The van der Waals surface area contributed by atoms with Crippen molar-refractivity contribution in [1.29, 1.82) is 0 Å². The number of aromatic amines is 1. The molecule has 1 aromatic heterocycles. The van der Waals surface area contributed by atoms with Crippen molar-refractivity contribution in [2.45, 2.75) is 12.5 Å². The fraction of sp³-hybridized carbons (Fsp3) is 0.556. The average molecular weight is 195 g/mol. The summed E-state index contributed by atoms with van der Waals surface area (Å²) in [5, 5.41) is 6.12. The Morgan fingerprint density at radius 3 is 3.21 bits per heavy atom. The first-order chi connectivity index (χ1) is 6.79. The maximum atomic E-state index is 11.0. The van der Waals surface area contributed by atoms with Crippen molar-refractivity contribution in [2.24, 2.45) is 0 Å². The molecular formula is C9H13N3O2. The minimum atomic E-state index is -0.164. The van der Waals surface area contributed by atoms with Crippen LogP contribution in [-0.4, -0.2) is 36.5 Å². The second-order valence-corrected chi connectivity index (χ2v) is 3.40. The zero-order chi connectivity index (χ0) is 9.97. The van der Waals surface area contributed by atoms with Crippen LogP contribution < -0.4 is 10.5 Å². The van der Waals surface area contributed by atoms with E-state index in [4.69, 9.17) is 4.74 Å². The third-order valence-corrected chi connectivity index (χ3v) is 2.49. The summed E-state index contributed by atoms with van der Waals surface area (Å²) in [7, 11) is 1.71. The monoisotopic (exact) mass is 195 g/mol. The van der Waals surface area contributed by atoms with Gasteiger partial charge >= 0.3 is 0 Å². The van der Waals surface area contributed by atoms with Gasteiger partial charge in [-0.1, -0.05) is 0 Å². The Balaban J connectivity index is 2.13. The van der Waals surface area contributed by atoms with Crippen molar-refractivity contribution in [3.05, 3.63) is 22.6 Å². The molecule has 1 unspecified atom stereocenters. The van der Waals surface area contributed by atoms with Crippen molar-refractivity contribution in [3.63, 3.8) is 0 Å². The predicted octanol–water partition coefficient (Wildman–Crippen LogP) is -0.00500. The summed E-state index contributed by atoms with van der Waals surface area (Å²) in [4.78, 5) is 13.1. The van der Waals surface area contributed by atoms with E-state index >= 15 is 0 Å². The van der Waals surface area contributed by atoms with Crippen LogP contribution in [0.2, 0.25) is 0 Å². The molecule has 1 fully saturated rings. The Labute approximate surface area is 81.7 Å². The molecule has 0 saturated carbocycles. The Morgan fingerprint density at radius 2 is 2.57 bits per heavy atom. The molecule has 0 spiro atoms. The molecule has 0 amide bonds. The van der Waals surface area contributed by atoms with Crippen molar-refractivity contribution < 1.29 is 4.74 Å². The predicted molar refractivity (Wildman–Crippen MR) is 52.5 cm³/mol. The Bertz CT molecular complexity index is 363. The molecule has 14 heavy (non-hydrogen) atoms. The zero-order valence-corrected chi connectivity index (χ0v) is 8.06. The lowest BCUT2D eigenvalue weighted by molar-refractivity contribution is 0.121. The molecule has 0 aliphatic carbocycles. The number of rotatable bonds is 2. The largest absolute Gasteiger partial charge is 0.380 e. The summed E-state index contributed by atoms with van der Waals surface area (Å²) in [5.41, 5.74) is 0.705. The smallest absolute Gasteiger partial charge is 0.266 e. The number of hydrogen-bond acceptors (Lipinski definition) is 4. The molecule has 1 aliphatic heterocycles. The van der Waals surface area contributed by atoms with Gasteiger partial charge < -0.3 is 9.64 Å². The summed E-state index contributed by atoms with van der Waals surface area (Å²) in [6.45, 7) is 1.76. The highest BCUT2D eigenvalue weighted by Crippen LogP contribution is 2.18. The van der Waals surface area contributed by atoms with Crippen LogP contribution in [-0.2, 0) is 4.74 Å². The molecule has 2 heterocycles. The van der Waals surface area contributed by atoms with E-state index in [9.17, 15) is 4.79 Å². The van der Waals surface area contributed by atoms with Gasteiger partial charge in [0.15, 0.2) is 0 Å². The number of aromatic nitrogens is 2. The fourth-order valence-corrected chi connectivity index (χ4v) is 1.69. The average Bonchev–Trinajstić information content (AvgIpc) is 2.66. The SMILES string of the molecule is COC1CCN(c2cn[nH]c(=O)c2)C1. The third kappa shape index (κ3) is 1.77. The normalized spacial score (nSPS) is 21.5. The van der Waals surface area contributed by atoms with Crippen molar-refractivity contribution in [1.82, 2.24) is 10.2 Å². The quantitative estimate of drug-likeness (QED) is 0.721. The summed E-state index contributed by atoms with van der Waals surface area (Å²) in [5.74, 6) is 0. The number of nitrogens with one attached hydrogen (secondary N) is 1. The maximum absolute atomic E-state index is 11.0. The second kappa shape index (κ2) is 3.79. The van der Waals surface area contributed by atoms with E-state index in [1.807, 2.05) is 0 Å². The van der Waals surface area contributed by atoms with Crippen LogP contribution in [0.4, 0.5) is 5.69 Å². The molecule has 0 aromatic carbocycles. The van der Waals surface area contributed by atoms with Gasteiger partial charge in [0.05, 0.1) is 18.0 Å². The molecule has 1 saturated heterocycles. The third-order valence-electron chi connectivity index (χ3n) is 2.49. The Morgan fingerprint density at radius 1 is 1.71 bits per heavy atom. The van der Waals surface area contributed by atoms with Gasteiger partial charge in [-0.05, 0) is 6.42 Å². The summed E-state index contributed by atoms with van der Waals surface area (Å²) >= 11 is 0. The van der Waals surface area contributed by atoms with Gasteiger partial charge in [-0.15, -0.1) is 0 Å². The molecule has 76 valence electrons. The van der Waals surface area contributed by atoms with Gasteiger partial charge in [0.1, 0.15) is 0 Å². The minimum absolute atomic E-state index is 0.164. The van der Waals surface area contributed by atoms with Gasteiger partial charge in [-0.2, -0.15) is 5.10 Å². The summed E-state index contributed by atoms with van der Waals surface area (Å²) in [6.07, 6.45) is 2.94. The van der Waals surface area contributed by atoms with E-state index in [1.165, 1.54) is 0 Å². The van der Waals surface area contributed by atoms with Crippen LogP contribution >= 0.6 is 0 Å². The molecule has 5 heteroatoms. The highest BCUT2D eigenvalue weighted by atomic mass is 16.5. The molecular weight excluding hydrogens is 182 g/mol. The highest BCUT2D eigenvalue weighted by Gasteiger charge is 2.22. The molecule has 0 radical (unpaired) electrons. The first-order valence-electron chi connectivity index (χ1n) is 4.62. The number of ether oxygens (including phenoxy) is 1. The summed E-state index contributed by atoms with van der Waals surface area (Å²) < 4.78 is 5.25. The van der Waals surface area contributed by atoms with Gasteiger partial charge in [0.2, 0.25) is 0 Å². The first-order valence-corrected chi connectivity index (χ1v) is 4.62. The number of hydrogen-bond donors (Lipinski definition) is 1. The second-order valence-electron chi connectivity index (χ2n) is 3.40. The van der Waals surface area contributed by atoms with Crippen LogP contribution in [0.15, 0.2) is 17.1 Å². The molecule has 1 N–H and O–H groups in total. The van der Waals surface area contributed by atoms with E-state index in [0.29, 0.717) is 0 Å². The maximum Gasteiger partial charge on any atom is 0.266 e. The molecule has 1 atom stereocenters. The first kappa shape index (κ1) is 9.21. The van der Waals surface area contributed by atoms with Gasteiger partial charge in [0, 0.05) is 26.3 Å². The van der Waals surface area contributed by atoms with E-state index in [2.05, 4.69) is 15.1 Å². The molecule has 0 bridgehead atoms. The lowest BCUT2D eigenvalue weighted by atomic mass is 10.3. The van der Waals surface area contributed by atoms with Crippen LogP contribution in [0.25, 0.3) is 0 Å². The van der Waals surface area contributed by atoms with E-state index < -0.39 is 0 Å². The van der Waals surface area contributed by atoms with Gasteiger partial charge in [-0.3, -0.25) is 4.79 Å². The lowest BCUT2D eigenvalue weighted by Gasteiger charge is -2.16. The number of H-pyrrole nitrogens is 1. The number of nitrogens with zero attached hydrogens (tertiary/aromatic N) is 2. The van der Waals surface area contributed by atoms with Crippen molar-refractivity contribution in [3.8, 4) is 0 Å². The van der Waals surface area contributed by atoms with Gasteiger partial charge in [-0.25, -0.2) is 5.10 Å². The van der Waals surface area contributed by atoms with Gasteiger partial charge in [0.25, 0.3) is 5.56 Å². The molecule has 1 aromatic rings. The number of anilines is 1. The van der Waals surface area contributed by atoms with Crippen LogP contribution in [0.3, 0.4) is 0 Å².